The normalized spacial score (nSPS) is 13.2. The molecule has 3 aromatic rings. The Hall–Kier alpha value is -0.300. The average molecular weight is 522 g/mol. The molecule has 0 aliphatic rings. The van der Waals surface area contributed by atoms with E-state index in [2.05, 4.69) is 0 Å². The van der Waals surface area contributed by atoms with E-state index in [9.17, 15) is 39.1 Å². The first-order valence-corrected chi connectivity index (χ1v) is 14.3. The summed E-state index contributed by atoms with van der Waals surface area (Å²) in [5.41, 5.74) is 0. The minimum absolute atomic E-state index is 0. The van der Waals surface area contributed by atoms with Crippen LogP contribution in [0.5, 0.6) is 0 Å². The van der Waals surface area contributed by atoms with Gasteiger partial charge < -0.3 is 0 Å². The molecule has 0 aromatic heterocycles. The van der Waals surface area contributed by atoms with Gasteiger partial charge in [-0.1, -0.05) is 0 Å². The summed E-state index contributed by atoms with van der Waals surface area (Å²) < 4.78 is 118. The number of benzene rings is 3. The van der Waals surface area contributed by atoms with Crippen LogP contribution in [0, 0.1) is 17.5 Å². The molecular weight excluding hydrogens is 510 g/mol. The van der Waals surface area contributed by atoms with E-state index in [-0.39, 0.29) is 59.1 Å². The molecule has 0 amide bonds. The summed E-state index contributed by atoms with van der Waals surface area (Å²) in [6.45, 7) is 0. The van der Waals surface area contributed by atoms with Gasteiger partial charge in [0, 0.05) is 0 Å². The monoisotopic (exact) mass is 522 g/mol. The zero-order valence-corrected chi connectivity index (χ0v) is 23.3. The van der Waals surface area contributed by atoms with E-state index < -0.39 is 57.8 Å². The van der Waals surface area contributed by atoms with Gasteiger partial charge in [0.25, 0.3) is 0 Å². The second-order valence-corrected chi connectivity index (χ2v) is 19.2. The number of hydrogen-bond donors (Lipinski definition) is 0. The van der Waals surface area contributed by atoms with Crippen molar-refractivity contribution < 1.29 is 98.2 Å². The predicted octanol–water partition coefficient (Wildman–Crippen LogP) is -4.14. The fourth-order valence-electron chi connectivity index (χ4n) is 3.47. The molecule has 0 saturated carbocycles. The zero-order chi connectivity index (χ0) is 22.4. The van der Waals surface area contributed by atoms with E-state index >= 15 is 0 Å². The third-order valence-electron chi connectivity index (χ3n) is 4.74. The molecule has 160 valence electrons. The summed E-state index contributed by atoms with van der Waals surface area (Å²) >= 11 is 0. The largest absolute Gasteiger partial charge is 1.00 e. The second kappa shape index (κ2) is 10.1. The maximum Gasteiger partial charge on any atom is 1.00 e. The second-order valence-electron chi connectivity index (χ2n) is 6.24. The van der Waals surface area contributed by atoms with Gasteiger partial charge in [0.05, 0.1) is 0 Å². The molecule has 14 heteroatoms. The van der Waals surface area contributed by atoms with Crippen molar-refractivity contribution in [2.75, 3.05) is 0 Å². The molecule has 0 N–H and O–H groups in total. The summed E-state index contributed by atoms with van der Waals surface area (Å²) in [4.78, 5) is 0. The Kier molecular flexibility index (Phi) is 9.41. The molecule has 0 unspecified atom stereocenters. The third-order valence-corrected chi connectivity index (χ3v) is 22.4. The van der Waals surface area contributed by atoms with E-state index in [0.717, 1.165) is 0 Å². The van der Waals surface area contributed by atoms with Crippen LogP contribution in [0.1, 0.15) is 0 Å². The first kappa shape index (κ1) is 29.7. The summed E-state index contributed by atoms with van der Waals surface area (Å²) in [6.07, 6.45) is 0. The third kappa shape index (κ3) is 4.05. The van der Waals surface area contributed by atoms with Crippen LogP contribution >= 0.6 is 5.01 Å². The SMILES string of the molecule is O=S(=O)([O-])P(c1ccc(F)cc1)(c1ccc(F)cc1)(c1ccc(F)cc1)S(=O)(=O)[O-].[Na+].[Na+]. The quantitative estimate of drug-likeness (QED) is 0.191. The van der Waals surface area contributed by atoms with Crippen LogP contribution in [0.3, 0.4) is 0 Å². The Morgan fingerprint density at radius 3 is 0.844 bits per heavy atom. The summed E-state index contributed by atoms with van der Waals surface area (Å²) in [5, 5.41) is -9.04. The Bertz CT molecular complexity index is 1170. The van der Waals surface area contributed by atoms with Crippen molar-refractivity contribution in [3.63, 3.8) is 0 Å². The molecule has 0 heterocycles. The Morgan fingerprint density at radius 1 is 0.500 bits per heavy atom. The van der Waals surface area contributed by atoms with Crippen molar-refractivity contribution in [3.8, 4) is 0 Å². The van der Waals surface area contributed by atoms with Crippen molar-refractivity contribution in [3.05, 3.63) is 90.2 Å². The van der Waals surface area contributed by atoms with Crippen molar-refractivity contribution in [1.82, 2.24) is 0 Å². The topological polar surface area (TPSA) is 114 Å². The summed E-state index contributed by atoms with van der Waals surface area (Å²) in [7, 11) is -12.3. The van der Waals surface area contributed by atoms with Crippen LogP contribution in [0.25, 0.3) is 0 Å². The van der Waals surface area contributed by atoms with Gasteiger partial charge in [0.1, 0.15) is 0 Å². The van der Waals surface area contributed by atoms with Crippen LogP contribution in [0.15, 0.2) is 72.8 Å². The first-order valence-electron chi connectivity index (χ1n) is 8.07. The van der Waals surface area contributed by atoms with E-state index in [1.165, 1.54) is 0 Å². The van der Waals surface area contributed by atoms with Crippen molar-refractivity contribution in [2.45, 2.75) is 0 Å². The molecular formula is C18H12F3Na2O6PS2. The molecule has 0 aliphatic heterocycles. The predicted molar refractivity (Wildman–Crippen MR) is 104 cm³/mol. The summed E-state index contributed by atoms with van der Waals surface area (Å²) in [5.74, 6) is -2.71. The molecule has 6 nitrogen and oxygen atoms in total. The van der Waals surface area contributed by atoms with Crippen LogP contribution in [0.2, 0.25) is 0 Å². The minimum Gasteiger partial charge on any atom is 1.00 e. The molecule has 0 saturated heterocycles. The number of rotatable bonds is 5. The number of halogens is 3. The van der Waals surface area contributed by atoms with Crippen molar-refractivity contribution in [2.24, 2.45) is 0 Å². The first-order chi connectivity index (χ1) is 13.9. The van der Waals surface area contributed by atoms with E-state index in [4.69, 9.17) is 0 Å². The zero-order valence-electron chi connectivity index (χ0n) is 16.8. The Balaban J connectivity index is 0.00000256. The molecule has 3 rings (SSSR count). The van der Waals surface area contributed by atoms with Gasteiger partial charge in [-0.2, -0.15) is 0 Å². The maximum atomic E-state index is 13.6. The Morgan fingerprint density at radius 2 is 0.688 bits per heavy atom. The van der Waals surface area contributed by atoms with Crippen LogP contribution < -0.4 is 75.0 Å². The minimum atomic E-state index is -6.64. The fraction of sp³-hybridized carbons (Fsp3) is 0. The summed E-state index contributed by atoms with van der Waals surface area (Å²) in [6, 6.07) is 8.28. The molecule has 0 radical (unpaired) electrons. The van der Waals surface area contributed by atoms with Crippen molar-refractivity contribution in [1.29, 1.82) is 0 Å². The Labute approximate surface area is 226 Å². The molecule has 32 heavy (non-hydrogen) atoms. The molecule has 3 aromatic carbocycles. The van der Waals surface area contributed by atoms with Gasteiger partial charge >= 0.3 is 229 Å². The molecule has 0 spiro atoms. The van der Waals surface area contributed by atoms with E-state index in [1.54, 1.807) is 0 Å². The molecule has 0 atom stereocenters. The van der Waals surface area contributed by atoms with Crippen LogP contribution in [-0.2, 0) is 19.5 Å². The molecule has 0 bridgehead atoms. The smallest absolute Gasteiger partial charge is 1.00 e. The maximum absolute atomic E-state index is 13.6. The van der Waals surface area contributed by atoms with E-state index in [0.29, 0.717) is 72.8 Å². The standard InChI is InChI=1S/C18H14F3O6PS2.2Na/c19-13-1-7-16(8-2-13)28(29(22,23)24,30(25,26)27,17-9-3-14(20)4-10-17)18-11-5-15(21)6-12-18;;/h1-12H,(H,22,23,24)(H,25,26,27);;/q;2*+1/p-2. The molecule has 0 fully saturated rings. The van der Waals surface area contributed by atoms with E-state index in [1.807, 2.05) is 0 Å². The van der Waals surface area contributed by atoms with Gasteiger partial charge in [0.2, 0.25) is 0 Å². The average Bonchev–Trinajstić information content (AvgIpc) is 2.64. The fourth-order valence-corrected chi connectivity index (χ4v) is 17.7. The van der Waals surface area contributed by atoms with Gasteiger partial charge in [-0.3, -0.25) is 0 Å². The van der Waals surface area contributed by atoms with Gasteiger partial charge in [0.15, 0.2) is 0 Å². The van der Waals surface area contributed by atoms with Crippen LogP contribution in [-0.4, -0.2) is 25.9 Å². The van der Waals surface area contributed by atoms with Gasteiger partial charge in [-0.15, -0.1) is 0 Å². The van der Waals surface area contributed by atoms with Crippen LogP contribution in [0.4, 0.5) is 13.2 Å². The van der Waals surface area contributed by atoms with Crippen molar-refractivity contribution >= 4 is 40.4 Å². The number of hydrogen-bond acceptors (Lipinski definition) is 6. The molecule has 0 aliphatic carbocycles. The van der Waals surface area contributed by atoms with Gasteiger partial charge in [-0.25, -0.2) is 0 Å². The van der Waals surface area contributed by atoms with Gasteiger partial charge in [-0.05, 0) is 0 Å².